The molecule has 0 radical (unpaired) electrons. The number of hydrogen-bond donors (Lipinski definition) is 2. The number of aliphatic hydroxyl groups is 1. The van der Waals surface area contributed by atoms with Crippen molar-refractivity contribution in [3.63, 3.8) is 0 Å². The third-order valence-corrected chi connectivity index (χ3v) is 9.33. The first-order valence-electron chi connectivity index (χ1n) is 10.6. The lowest BCUT2D eigenvalue weighted by Crippen LogP contribution is -2.58. The molecule has 0 aromatic rings. The Morgan fingerprint density at radius 1 is 1.07 bits per heavy atom. The fourth-order valence-corrected chi connectivity index (χ4v) is 8.27. The monoisotopic (exact) mass is 378 g/mol. The first-order chi connectivity index (χ1) is 12.6. The molecule has 0 aromatic heterocycles. The highest BCUT2D eigenvalue weighted by Crippen LogP contribution is 2.72. The van der Waals surface area contributed by atoms with Crippen molar-refractivity contribution in [3.05, 3.63) is 0 Å². The zero-order valence-electron chi connectivity index (χ0n) is 16.9. The van der Waals surface area contributed by atoms with Crippen LogP contribution in [0.3, 0.4) is 0 Å². The van der Waals surface area contributed by atoms with Crippen molar-refractivity contribution in [1.29, 1.82) is 0 Å². The van der Waals surface area contributed by atoms with E-state index < -0.39 is 17.0 Å². The van der Waals surface area contributed by atoms with Gasteiger partial charge < -0.3 is 14.9 Å². The molecular weight excluding hydrogens is 344 g/mol. The van der Waals surface area contributed by atoms with Crippen molar-refractivity contribution in [2.24, 2.45) is 34.0 Å². The van der Waals surface area contributed by atoms with E-state index in [1.807, 2.05) is 6.92 Å². The van der Waals surface area contributed by atoms with E-state index in [-0.39, 0.29) is 35.2 Å². The Morgan fingerprint density at radius 3 is 2.48 bits per heavy atom. The molecule has 4 aliphatic carbocycles. The molecule has 0 saturated heterocycles. The molecule has 4 rings (SSSR count). The Hall–Kier alpha value is -1.10. The van der Waals surface area contributed by atoms with Crippen molar-refractivity contribution < 1.29 is 24.5 Å². The summed E-state index contributed by atoms with van der Waals surface area (Å²) in [5, 5.41) is 21.3. The normalized spacial score (nSPS) is 51.2. The maximum atomic E-state index is 12.2. The summed E-state index contributed by atoms with van der Waals surface area (Å²) in [5.41, 5.74) is -1.42. The summed E-state index contributed by atoms with van der Waals surface area (Å²) in [6.45, 7) is 5.81. The molecule has 152 valence electrons. The Bertz CT molecular complexity index is 661. The topological polar surface area (TPSA) is 83.8 Å². The number of ether oxygens (including phenoxy) is 1. The smallest absolute Gasteiger partial charge is 0.309 e. The van der Waals surface area contributed by atoms with Gasteiger partial charge in [-0.1, -0.05) is 13.3 Å². The molecule has 2 unspecified atom stereocenters. The second kappa shape index (κ2) is 5.95. The van der Waals surface area contributed by atoms with Gasteiger partial charge in [0.05, 0.1) is 5.41 Å². The molecule has 0 amide bonds. The molecule has 2 bridgehead atoms. The average Bonchev–Trinajstić information content (AvgIpc) is 2.79. The predicted octanol–water partition coefficient (Wildman–Crippen LogP) is 3.78. The van der Waals surface area contributed by atoms with Crippen LogP contribution in [0.15, 0.2) is 0 Å². The van der Waals surface area contributed by atoms with Gasteiger partial charge in [-0.25, -0.2) is 0 Å². The molecule has 4 fully saturated rings. The molecule has 4 aliphatic rings. The van der Waals surface area contributed by atoms with E-state index in [0.717, 1.165) is 51.4 Å². The van der Waals surface area contributed by atoms with Crippen molar-refractivity contribution in [2.45, 2.75) is 84.2 Å². The minimum absolute atomic E-state index is 0.0291. The lowest BCUT2D eigenvalue weighted by atomic mass is 9.41. The number of esters is 1. The molecule has 0 aliphatic heterocycles. The third kappa shape index (κ3) is 2.60. The fraction of sp³-hybridized carbons (Fsp3) is 0.909. The molecule has 7 atom stereocenters. The summed E-state index contributed by atoms with van der Waals surface area (Å²) in [6.07, 6.45) is 8.51. The zero-order chi connectivity index (χ0) is 19.7. The SMILES string of the molecule is CC(=O)OC[C@]1(O)C[C@@]23CCC4[C@@](C)(CCC[C@@]4(C)C(=O)O)C2CC[C@H]1C3. The van der Waals surface area contributed by atoms with Gasteiger partial charge in [0, 0.05) is 6.92 Å². The number of carboxylic acid groups (broad SMARTS) is 1. The zero-order valence-corrected chi connectivity index (χ0v) is 16.9. The Balaban J connectivity index is 1.65. The van der Waals surface area contributed by atoms with E-state index in [9.17, 15) is 19.8 Å². The van der Waals surface area contributed by atoms with Crippen LogP contribution in [0.25, 0.3) is 0 Å². The molecule has 5 heteroatoms. The van der Waals surface area contributed by atoms with Crippen LogP contribution in [-0.4, -0.2) is 34.4 Å². The fourth-order valence-electron chi connectivity index (χ4n) is 8.27. The lowest BCUT2D eigenvalue weighted by molar-refractivity contribution is -0.181. The average molecular weight is 379 g/mol. The maximum Gasteiger partial charge on any atom is 0.309 e. The van der Waals surface area contributed by atoms with Crippen LogP contribution in [0.1, 0.15) is 78.6 Å². The van der Waals surface area contributed by atoms with Crippen LogP contribution in [0, 0.1) is 34.0 Å². The van der Waals surface area contributed by atoms with Crippen LogP contribution < -0.4 is 0 Å². The van der Waals surface area contributed by atoms with Gasteiger partial charge in [-0.05, 0) is 86.9 Å². The molecule has 0 aromatic carbocycles. The van der Waals surface area contributed by atoms with Gasteiger partial charge in [0.15, 0.2) is 0 Å². The molecule has 1 spiro atoms. The second-order valence-corrected chi connectivity index (χ2v) is 10.6. The minimum atomic E-state index is -0.908. The van der Waals surface area contributed by atoms with Gasteiger partial charge in [0.25, 0.3) is 0 Å². The number of carbonyl (C=O) groups excluding carboxylic acids is 1. The van der Waals surface area contributed by atoms with Gasteiger partial charge in [-0.3, -0.25) is 9.59 Å². The van der Waals surface area contributed by atoms with Gasteiger partial charge >= 0.3 is 11.9 Å². The summed E-state index contributed by atoms with van der Waals surface area (Å²) < 4.78 is 5.24. The summed E-state index contributed by atoms with van der Waals surface area (Å²) in [5.74, 6) is -0.0986. The highest BCUT2D eigenvalue weighted by Gasteiger charge is 2.68. The van der Waals surface area contributed by atoms with Crippen LogP contribution in [0.4, 0.5) is 0 Å². The van der Waals surface area contributed by atoms with E-state index in [1.54, 1.807) is 0 Å². The van der Waals surface area contributed by atoms with E-state index in [0.29, 0.717) is 12.3 Å². The van der Waals surface area contributed by atoms with E-state index in [4.69, 9.17) is 4.74 Å². The number of fused-ring (bicyclic) bond motifs is 3. The van der Waals surface area contributed by atoms with Crippen LogP contribution in [0.2, 0.25) is 0 Å². The Morgan fingerprint density at radius 2 is 1.81 bits per heavy atom. The largest absolute Gasteiger partial charge is 0.481 e. The molecule has 2 N–H and O–H groups in total. The molecule has 4 saturated carbocycles. The maximum absolute atomic E-state index is 12.2. The van der Waals surface area contributed by atoms with Crippen LogP contribution in [0.5, 0.6) is 0 Å². The van der Waals surface area contributed by atoms with Gasteiger partial charge in [0.2, 0.25) is 0 Å². The predicted molar refractivity (Wildman–Crippen MR) is 99.9 cm³/mol. The number of carbonyl (C=O) groups is 2. The molecule has 0 heterocycles. The Kier molecular flexibility index (Phi) is 4.24. The number of carboxylic acids is 1. The number of rotatable bonds is 3. The number of aliphatic carboxylic acids is 1. The first kappa shape index (κ1) is 19.2. The Labute approximate surface area is 161 Å². The van der Waals surface area contributed by atoms with Crippen molar-refractivity contribution in [2.75, 3.05) is 6.61 Å². The molecule has 5 nitrogen and oxygen atoms in total. The third-order valence-electron chi connectivity index (χ3n) is 9.33. The van der Waals surface area contributed by atoms with E-state index in [2.05, 4.69) is 6.92 Å². The summed E-state index contributed by atoms with van der Waals surface area (Å²) >= 11 is 0. The lowest BCUT2D eigenvalue weighted by Gasteiger charge is -2.63. The summed E-state index contributed by atoms with van der Waals surface area (Å²) in [7, 11) is 0. The second-order valence-electron chi connectivity index (χ2n) is 10.6. The molecular formula is C22H34O5. The highest BCUT2D eigenvalue weighted by atomic mass is 16.5. The van der Waals surface area contributed by atoms with Crippen molar-refractivity contribution in [1.82, 2.24) is 0 Å². The quantitative estimate of drug-likeness (QED) is 0.730. The first-order valence-corrected chi connectivity index (χ1v) is 10.6. The minimum Gasteiger partial charge on any atom is -0.481 e. The highest BCUT2D eigenvalue weighted by molar-refractivity contribution is 5.75. The van der Waals surface area contributed by atoms with E-state index >= 15 is 0 Å². The van der Waals surface area contributed by atoms with Gasteiger partial charge in [-0.2, -0.15) is 0 Å². The molecule has 27 heavy (non-hydrogen) atoms. The summed E-state index contributed by atoms with van der Waals surface area (Å²) in [4.78, 5) is 23.5. The van der Waals surface area contributed by atoms with Crippen molar-refractivity contribution >= 4 is 11.9 Å². The van der Waals surface area contributed by atoms with Gasteiger partial charge in [-0.15, -0.1) is 0 Å². The van der Waals surface area contributed by atoms with Crippen LogP contribution >= 0.6 is 0 Å². The van der Waals surface area contributed by atoms with Crippen molar-refractivity contribution in [3.8, 4) is 0 Å². The van der Waals surface area contributed by atoms with Gasteiger partial charge in [0.1, 0.15) is 12.2 Å². The standard InChI is InChI=1S/C22H34O5/c1-14(23)27-13-22(26)12-21-10-7-16-19(2,17(21)6-5-15(22)11-21)8-4-9-20(16,3)18(24)25/h15-17,26H,4-13H2,1-3H3,(H,24,25)/t15-,16?,17?,19+,20+,21-,22+/m0/s1. The summed E-state index contributed by atoms with van der Waals surface area (Å²) in [6, 6.07) is 0. The van der Waals surface area contributed by atoms with E-state index in [1.165, 1.54) is 6.92 Å². The van der Waals surface area contributed by atoms with Crippen LogP contribution in [-0.2, 0) is 14.3 Å². The number of hydrogen-bond acceptors (Lipinski definition) is 4.